The Kier molecular flexibility index (Phi) is 9.58. The Morgan fingerprint density at radius 2 is 1.25 bits per heavy atom. The molecule has 2 aromatic rings. The first-order valence-corrected chi connectivity index (χ1v) is 14.8. The second kappa shape index (κ2) is 12.8. The first-order valence-electron chi connectivity index (χ1n) is 13.1. The van der Waals surface area contributed by atoms with Crippen LogP contribution in [-0.4, -0.2) is 33.5 Å². The van der Waals surface area contributed by atoms with Crippen LogP contribution in [0.25, 0.3) is 0 Å². The molecule has 2 aliphatic carbocycles. The lowest BCUT2D eigenvalue weighted by Gasteiger charge is -2.36. The zero-order valence-electron chi connectivity index (χ0n) is 21.7. The fourth-order valence-electron chi connectivity index (χ4n) is 5.20. The van der Waals surface area contributed by atoms with E-state index in [1.165, 1.54) is 12.8 Å². The Labute approximate surface area is 215 Å². The lowest BCUT2D eigenvalue weighted by atomic mass is 9.98. The van der Waals surface area contributed by atoms with Gasteiger partial charge in [0.25, 0.3) is 0 Å². The quantitative estimate of drug-likeness (QED) is 0.306. The van der Waals surface area contributed by atoms with Gasteiger partial charge in [0.05, 0.1) is 33.5 Å². The molecule has 0 unspecified atom stereocenters. The van der Waals surface area contributed by atoms with Gasteiger partial charge in [-0.2, -0.15) is 0 Å². The number of hydrogen-bond donors (Lipinski definition) is 1. The fraction of sp³-hybridized carbons (Fsp3) is 0.571. The van der Waals surface area contributed by atoms with E-state index in [4.69, 9.17) is 23.3 Å². The monoisotopic (exact) mass is 517 g/mol. The van der Waals surface area contributed by atoms with Crippen molar-refractivity contribution in [3.05, 3.63) is 48.0 Å². The van der Waals surface area contributed by atoms with Crippen molar-refractivity contribution in [2.75, 3.05) is 26.6 Å². The maximum absolute atomic E-state index is 15.0. The van der Waals surface area contributed by atoms with Crippen LogP contribution >= 0.6 is 7.60 Å². The van der Waals surface area contributed by atoms with Gasteiger partial charge >= 0.3 is 7.60 Å². The van der Waals surface area contributed by atoms with Gasteiger partial charge in [0.2, 0.25) is 5.75 Å². The highest BCUT2D eigenvalue weighted by atomic mass is 31.2. The number of nitrogens with one attached hydrogen (secondary N) is 1. The average molecular weight is 518 g/mol. The molecule has 0 radical (unpaired) electrons. The second-order valence-electron chi connectivity index (χ2n) is 9.64. The number of ether oxygens (including phenoxy) is 3. The molecule has 2 aliphatic rings. The van der Waals surface area contributed by atoms with Crippen molar-refractivity contribution in [1.29, 1.82) is 0 Å². The highest BCUT2D eigenvalue weighted by Crippen LogP contribution is 2.64. The molecule has 0 aliphatic heterocycles. The highest BCUT2D eigenvalue weighted by Gasteiger charge is 2.43. The molecule has 0 bridgehead atoms. The van der Waals surface area contributed by atoms with Crippen LogP contribution in [-0.2, 0) is 13.6 Å². The molecule has 8 heteroatoms. The van der Waals surface area contributed by atoms with E-state index in [-0.39, 0.29) is 12.2 Å². The standard InChI is InChI=1S/C28H40NO6P/c1-31-25-19-21(20-26(32-2)27(25)33-3)28(29-22-13-7-4-8-14-22)36(30,34-23-15-9-5-10-16-23)35-24-17-11-6-12-18-24/h4,7-8,13-14,19-20,23-24,28-29H,5-6,9-12,15-18H2,1-3H3/t28-/m0/s1. The van der Waals surface area contributed by atoms with Crippen molar-refractivity contribution in [1.82, 2.24) is 0 Å². The van der Waals surface area contributed by atoms with E-state index < -0.39 is 13.4 Å². The molecule has 2 fully saturated rings. The topological polar surface area (TPSA) is 75.3 Å². The van der Waals surface area contributed by atoms with E-state index in [1.807, 2.05) is 42.5 Å². The lowest BCUT2D eigenvalue weighted by Crippen LogP contribution is -2.25. The van der Waals surface area contributed by atoms with E-state index >= 15 is 0 Å². The SMILES string of the molecule is COc1cc([C@@H](Nc2ccccc2)P(=O)(OC2CCCCC2)OC2CCCCC2)cc(OC)c1OC. The summed E-state index contributed by atoms with van der Waals surface area (Å²) in [6, 6.07) is 13.4. The molecule has 36 heavy (non-hydrogen) atoms. The van der Waals surface area contributed by atoms with Crippen LogP contribution in [0.15, 0.2) is 42.5 Å². The van der Waals surface area contributed by atoms with E-state index in [2.05, 4.69) is 5.32 Å². The van der Waals surface area contributed by atoms with Gasteiger partial charge in [-0.05, 0) is 55.5 Å². The Morgan fingerprint density at radius 3 is 1.69 bits per heavy atom. The smallest absolute Gasteiger partial charge is 0.357 e. The van der Waals surface area contributed by atoms with Crippen molar-refractivity contribution < 1.29 is 27.8 Å². The molecule has 2 aromatic carbocycles. The van der Waals surface area contributed by atoms with E-state index in [1.54, 1.807) is 21.3 Å². The van der Waals surface area contributed by atoms with Gasteiger partial charge in [0.1, 0.15) is 0 Å². The normalized spacial score (nSPS) is 18.4. The highest BCUT2D eigenvalue weighted by molar-refractivity contribution is 7.54. The van der Waals surface area contributed by atoms with E-state index in [0.29, 0.717) is 22.8 Å². The molecule has 7 nitrogen and oxygen atoms in total. The average Bonchev–Trinajstić information content (AvgIpc) is 2.92. The van der Waals surface area contributed by atoms with Gasteiger partial charge in [-0.1, -0.05) is 56.7 Å². The minimum absolute atomic E-state index is 0.0877. The van der Waals surface area contributed by atoms with Gasteiger partial charge in [-0.15, -0.1) is 0 Å². The van der Waals surface area contributed by atoms with Crippen molar-refractivity contribution in [2.24, 2.45) is 0 Å². The van der Waals surface area contributed by atoms with Crippen molar-refractivity contribution >= 4 is 13.3 Å². The molecular formula is C28H40NO6P. The van der Waals surface area contributed by atoms with Crippen molar-refractivity contribution in [2.45, 2.75) is 82.2 Å². The van der Waals surface area contributed by atoms with Crippen LogP contribution < -0.4 is 19.5 Å². The van der Waals surface area contributed by atoms with Gasteiger partial charge in [-0.3, -0.25) is 4.57 Å². The minimum Gasteiger partial charge on any atom is -0.493 e. The molecule has 1 N–H and O–H groups in total. The number of rotatable bonds is 11. The second-order valence-corrected chi connectivity index (χ2v) is 11.7. The number of hydrogen-bond acceptors (Lipinski definition) is 7. The predicted octanol–water partition coefficient (Wildman–Crippen LogP) is 7.71. The van der Waals surface area contributed by atoms with Crippen LogP contribution in [0.2, 0.25) is 0 Å². The molecular weight excluding hydrogens is 477 g/mol. The van der Waals surface area contributed by atoms with Crippen molar-refractivity contribution in [3.8, 4) is 17.2 Å². The number of methoxy groups -OCH3 is 3. The summed E-state index contributed by atoms with van der Waals surface area (Å²) >= 11 is 0. The maximum Gasteiger partial charge on any atom is 0.357 e. The third-order valence-electron chi connectivity index (χ3n) is 7.09. The van der Waals surface area contributed by atoms with Gasteiger partial charge < -0.3 is 28.6 Å². The Hall–Kier alpha value is -2.21. The maximum atomic E-state index is 15.0. The Morgan fingerprint density at radius 1 is 0.750 bits per heavy atom. The van der Waals surface area contributed by atoms with Crippen LogP contribution in [0, 0.1) is 0 Å². The molecule has 0 heterocycles. The minimum atomic E-state index is -3.70. The molecule has 0 amide bonds. The zero-order chi connectivity index (χ0) is 25.4. The summed E-state index contributed by atoms with van der Waals surface area (Å²) in [6.07, 6.45) is 10.1. The van der Waals surface area contributed by atoms with Crippen LogP contribution in [0.1, 0.15) is 75.6 Å². The molecule has 2 saturated carbocycles. The molecule has 1 atom stereocenters. The third kappa shape index (κ3) is 6.56. The molecule has 0 aromatic heterocycles. The molecule has 0 spiro atoms. The van der Waals surface area contributed by atoms with Gasteiger partial charge in [0.15, 0.2) is 17.3 Å². The zero-order valence-corrected chi connectivity index (χ0v) is 22.6. The van der Waals surface area contributed by atoms with Crippen LogP contribution in [0.3, 0.4) is 0 Å². The van der Waals surface area contributed by atoms with Crippen molar-refractivity contribution in [3.63, 3.8) is 0 Å². The lowest BCUT2D eigenvalue weighted by molar-refractivity contribution is 0.0758. The van der Waals surface area contributed by atoms with E-state index in [9.17, 15) is 4.57 Å². The Balaban J connectivity index is 1.79. The summed E-state index contributed by atoms with van der Waals surface area (Å²) in [6.45, 7) is 0. The summed E-state index contributed by atoms with van der Waals surface area (Å²) in [5.41, 5.74) is 1.53. The van der Waals surface area contributed by atoms with Crippen LogP contribution in [0.4, 0.5) is 5.69 Å². The van der Waals surface area contributed by atoms with Crippen LogP contribution in [0.5, 0.6) is 17.2 Å². The summed E-state index contributed by atoms with van der Waals surface area (Å²) < 4.78 is 44.8. The predicted molar refractivity (Wildman–Crippen MR) is 142 cm³/mol. The Bertz CT molecular complexity index is 955. The summed E-state index contributed by atoms with van der Waals surface area (Å²) in [5, 5.41) is 3.49. The first-order chi connectivity index (χ1) is 17.6. The molecule has 0 saturated heterocycles. The first kappa shape index (κ1) is 26.8. The number of anilines is 1. The number of para-hydroxylation sites is 1. The van der Waals surface area contributed by atoms with Gasteiger partial charge in [0, 0.05) is 5.69 Å². The third-order valence-corrected chi connectivity index (χ3v) is 9.34. The summed E-state index contributed by atoms with van der Waals surface area (Å²) in [7, 11) is 1.03. The summed E-state index contributed by atoms with van der Waals surface area (Å²) in [5.74, 6) is 0.720. The summed E-state index contributed by atoms with van der Waals surface area (Å²) in [4.78, 5) is 0. The molecule has 198 valence electrons. The van der Waals surface area contributed by atoms with E-state index in [0.717, 1.165) is 57.1 Å². The number of benzene rings is 2. The largest absolute Gasteiger partial charge is 0.493 e. The molecule has 4 rings (SSSR count). The van der Waals surface area contributed by atoms with Gasteiger partial charge in [-0.25, -0.2) is 0 Å². The fourth-order valence-corrected chi connectivity index (χ4v) is 7.57.